The zero-order chi connectivity index (χ0) is 33.3. The Morgan fingerprint density at radius 3 is 1.33 bits per heavy atom. The third-order valence-corrected chi connectivity index (χ3v) is 7.30. The van der Waals surface area contributed by atoms with Crippen molar-refractivity contribution in [3.05, 3.63) is 118 Å². The molecule has 0 saturated carbocycles. The Morgan fingerprint density at radius 1 is 0.644 bits per heavy atom. The summed E-state index contributed by atoms with van der Waals surface area (Å²) in [6.07, 6.45) is 5.43. The van der Waals surface area contributed by atoms with E-state index >= 15 is 0 Å². The predicted octanol–water partition coefficient (Wildman–Crippen LogP) is 9.20. The largest absolute Gasteiger partial charge is 0.457 e. The van der Waals surface area contributed by atoms with Gasteiger partial charge in [-0.3, -0.25) is 0 Å². The Kier molecular flexibility index (Phi) is 11.7. The average molecular weight is 606 g/mol. The molecule has 0 bridgehead atoms. The molecule has 45 heavy (non-hydrogen) atoms. The van der Waals surface area contributed by atoms with E-state index in [-0.39, 0.29) is 12.8 Å². The minimum absolute atomic E-state index is 0.0207. The molecule has 0 aliphatic rings. The number of carbonyl (C=O) groups is 2. The molecule has 0 aliphatic heterocycles. The Labute approximate surface area is 269 Å². The van der Waals surface area contributed by atoms with Crippen molar-refractivity contribution < 1.29 is 19.1 Å². The van der Waals surface area contributed by atoms with Gasteiger partial charge in [-0.05, 0) is 94.4 Å². The smallest absolute Gasteiger partial charge is 0.334 e. The summed E-state index contributed by atoms with van der Waals surface area (Å²) >= 11 is 0. The van der Waals surface area contributed by atoms with Gasteiger partial charge in [0.25, 0.3) is 0 Å². The van der Waals surface area contributed by atoms with Crippen LogP contribution in [0.5, 0.6) is 0 Å². The summed E-state index contributed by atoms with van der Waals surface area (Å²) in [5, 5.41) is 11.0. The van der Waals surface area contributed by atoms with Crippen molar-refractivity contribution in [2.24, 2.45) is 0 Å². The van der Waals surface area contributed by atoms with Gasteiger partial charge in [0.1, 0.15) is 11.2 Å². The summed E-state index contributed by atoms with van der Waals surface area (Å²) in [6, 6.07) is 27.9. The summed E-state index contributed by atoms with van der Waals surface area (Å²) in [6.45, 7) is 15.1. The van der Waals surface area contributed by atoms with Crippen molar-refractivity contribution in [3.8, 4) is 6.07 Å². The van der Waals surface area contributed by atoms with Gasteiger partial charge in [0.15, 0.2) is 0 Å². The van der Waals surface area contributed by atoms with Crippen LogP contribution in [0.25, 0.3) is 12.2 Å². The van der Waals surface area contributed by atoms with Gasteiger partial charge in [-0.15, -0.1) is 0 Å². The Morgan fingerprint density at radius 2 is 1.02 bits per heavy atom. The number of esters is 2. The maximum absolute atomic E-state index is 13.8. The molecule has 0 radical (unpaired) electrons. The zero-order valence-corrected chi connectivity index (χ0v) is 28.1. The van der Waals surface area contributed by atoms with E-state index in [1.165, 1.54) is 11.1 Å². The first-order valence-electron chi connectivity index (χ1n) is 15.7. The van der Waals surface area contributed by atoms with Crippen molar-refractivity contribution in [1.29, 1.82) is 5.26 Å². The van der Waals surface area contributed by atoms with Crippen LogP contribution >= 0.6 is 0 Å². The Hall–Kier alpha value is -4.43. The van der Waals surface area contributed by atoms with Crippen molar-refractivity contribution in [3.63, 3.8) is 0 Å². The van der Waals surface area contributed by atoms with Crippen LogP contribution in [0, 0.1) is 11.3 Å². The number of nitrogens with zero attached hydrogens (tertiary/aromatic N) is 1. The van der Waals surface area contributed by atoms with Gasteiger partial charge in [0.2, 0.25) is 0 Å². The van der Waals surface area contributed by atoms with Gasteiger partial charge in [-0.2, -0.15) is 5.26 Å². The Balaban J connectivity index is 2.22. The molecule has 5 heteroatoms. The first-order chi connectivity index (χ1) is 21.2. The third-order valence-electron chi connectivity index (χ3n) is 7.30. The van der Waals surface area contributed by atoms with E-state index < -0.39 is 28.6 Å². The number of hydrogen-bond acceptors (Lipinski definition) is 5. The number of rotatable bonds is 11. The van der Waals surface area contributed by atoms with Crippen molar-refractivity contribution in [2.75, 3.05) is 0 Å². The molecule has 0 aliphatic carbocycles. The fourth-order valence-corrected chi connectivity index (χ4v) is 4.97. The molecule has 3 aromatic carbocycles. The van der Waals surface area contributed by atoms with Gasteiger partial charge in [-0.1, -0.05) is 92.7 Å². The second kappa shape index (κ2) is 15.0. The van der Waals surface area contributed by atoms with Crippen LogP contribution in [-0.4, -0.2) is 23.1 Å². The standard InChI is InChI=1S/C40H47NO4/c1-9-29-16-20-31(21-17-29)24-33(36(42)44-38(3,4)5)26-40(28-41,35-14-12-11-13-15-35)27-34(37(43)45-39(6,7)8)25-32-22-18-30(10-2)19-23-32/h11-25H,9-10,26-27H2,1-8H3/b33-24+,34-25+. The second-order valence-electron chi connectivity index (χ2n) is 13.4. The summed E-state index contributed by atoms with van der Waals surface area (Å²) in [5.41, 5.74) is 2.62. The lowest BCUT2D eigenvalue weighted by atomic mass is 9.71. The van der Waals surface area contributed by atoms with Crippen molar-refractivity contribution in [2.45, 2.75) is 97.7 Å². The second-order valence-corrected chi connectivity index (χ2v) is 13.4. The lowest BCUT2D eigenvalue weighted by Gasteiger charge is -2.31. The molecule has 0 fully saturated rings. The fourth-order valence-electron chi connectivity index (χ4n) is 4.97. The van der Waals surface area contributed by atoms with Crippen LogP contribution in [0.1, 0.15) is 96.0 Å². The normalized spacial score (nSPS) is 12.8. The summed E-state index contributed by atoms with van der Waals surface area (Å²) in [5.74, 6) is -1.01. The molecule has 0 atom stereocenters. The van der Waals surface area contributed by atoms with Crippen LogP contribution in [0.3, 0.4) is 0 Å². The fraction of sp³-hybridized carbons (Fsp3) is 0.375. The maximum atomic E-state index is 13.8. The van der Waals surface area contributed by atoms with E-state index in [9.17, 15) is 14.9 Å². The SMILES string of the molecule is CCc1ccc(/C=C(\CC(C#N)(C/C(=C\c2ccc(CC)cc2)C(=O)OC(C)(C)C)c2ccccc2)C(=O)OC(C)(C)C)cc1. The van der Waals surface area contributed by atoms with Crippen LogP contribution in [0.2, 0.25) is 0 Å². The summed E-state index contributed by atoms with van der Waals surface area (Å²) in [4.78, 5) is 27.5. The maximum Gasteiger partial charge on any atom is 0.334 e. The van der Waals surface area contributed by atoms with Crippen LogP contribution in [0.4, 0.5) is 0 Å². The molecular weight excluding hydrogens is 558 g/mol. The van der Waals surface area contributed by atoms with Crippen molar-refractivity contribution in [1.82, 2.24) is 0 Å². The lowest BCUT2D eigenvalue weighted by Crippen LogP contribution is -2.32. The molecule has 236 valence electrons. The molecule has 0 N–H and O–H groups in total. The molecule has 0 heterocycles. The average Bonchev–Trinajstić information content (AvgIpc) is 2.99. The highest BCUT2D eigenvalue weighted by atomic mass is 16.6. The van der Waals surface area contributed by atoms with Crippen LogP contribution in [0.15, 0.2) is 90.0 Å². The van der Waals surface area contributed by atoms with E-state index in [1.807, 2.05) is 120 Å². The van der Waals surface area contributed by atoms with Crippen LogP contribution in [-0.2, 0) is 37.3 Å². The highest BCUT2D eigenvalue weighted by Crippen LogP contribution is 2.39. The van der Waals surface area contributed by atoms with Crippen molar-refractivity contribution >= 4 is 24.1 Å². The number of benzene rings is 3. The first-order valence-corrected chi connectivity index (χ1v) is 15.7. The minimum Gasteiger partial charge on any atom is -0.457 e. The van der Waals surface area contributed by atoms with E-state index in [4.69, 9.17) is 9.47 Å². The van der Waals surface area contributed by atoms with Crippen LogP contribution < -0.4 is 0 Å². The molecule has 0 amide bonds. The highest BCUT2D eigenvalue weighted by Gasteiger charge is 2.39. The Bertz CT molecular complexity index is 1450. The minimum atomic E-state index is -1.29. The van der Waals surface area contributed by atoms with Gasteiger partial charge in [0.05, 0.1) is 11.5 Å². The van der Waals surface area contributed by atoms with Gasteiger partial charge < -0.3 is 9.47 Å². The molecule has 0 aromatic heterocycles. The first kappa shape index (κ1) is 35.1. The molecule has 0 saturated heterocycles. The predicted molar refractivity (Wildman–Crippen MR) is 182 cm³/mol. The lowest BCUT2D eigenvalue weighted by molar-refractivity contribution is -0.150. The topological polar surface area (TPSA) is 76.4 Å². The highest BCUT2D eigenvalue weighted by molar-refractivity contribution is 5.96. The summed E-state index contributed by atoms with van der Waals surface area (Å²) in [7, 11) is 0. The number of carbonyl (C=O) groups excluding carboxylic acids is 2. The molecule has 3 rings (SSSR count). The third kappa shape index (κ3) is 10.6. The van der Waals surface area contributed by atoms with E-state index in [0.717, 1.165) is 24.0 Å². The van der Waals surface area contributed by atoms with E-state index in [1.54, 1.807) is 12.2 Å². The number of aryl methyl sites for hydroxylation is 2. The molecule has 3 aromatic rings. The molecule has 0 unspecified atom stereocenters. The number of ether oxygens (including phenoxy) is 2. The number of nitriles is 1. The van der Waals surface area contributed by atoms with Gasteiger partial charge >= 0.3 is 11.9 Å². The van der Waals surface area contributed by atoms with Gasteiger partial charge in [0, 0.05) is 24.0 Å². The molecule has 0 spiro atoms. The molecule has 5 nitrogen and oxygen atoms in total. The van der Waals surface area contributed by atoms with E-state index in [2.05, 4.69) is 19.9 Å². The van der Waals surface area contributed by atoms with E-state index in [0.29, 0.717) is 16.7 Å². The van der Waals surface area contributed by atoms with Gasteiger partial charge in [-0.25, -0.2) is 9.59 Å². The number of hydrogen-bond donors (Lipinski definition) is 0. The monoisotopic (exact) mass is 605 g/mol. The summed E-state index contributed by atoms with van der Waals surface area (Å²) < 4.78 is 11.7. The quantitative estimate of drug-likeness (QED) is 0.161. The molecular formula is C40H47NO4. The zero-order valence-electron chi connectivity index (χ0n) is 28.1.